The van der Waals surface area contributed by atoms with Gasteiger partial charge in [0, 0.05) is 12.1 Å². The van der Waals surface area contributed by atoms with Gasteiger partial charge in [0.15, 0.2) is 0 Å². The van der Waals surface area contributed by atoms with E-state index in [1.54, 1.807) is 4.90 Å². The number of carbonyl (C=O) groups excluding carboxylic acids is 1. The second-order valence-corrected chi connectivity index (χ2v) is 7.47. The van der Waals surface area contributed by atoms with Crippen molar-refractivity contribution in [3.05, 3.63) is 52.9 Å². The Bertz CT molecular complexity index is 970. The Labute approximate surface area is 162 Å². The summed E-state index contributed by atoms with van der Waals surface area (Å²) in [5, 5.41) is 14.3. The van der Waals surface area contributed by atoms with Crippen LogP contribution >= 0.6 is 11.3 Å². The maximum absolute atomic E-state index is 12.9. The fourth-order valence-corrected chi connectivity index (χ4v) is 3.95. The van der Waals surface area contributed by atoms with Gasteiger partial charge in [-0.3, -0.25) is 4.79 Å². The minimum absolute atomic E-state index is 0.0348. The topological polar surface area (TPSA) is 63.9 Å². The van der Waals surface area contributed by atoms with Gasteiger partial charge in [-0.05, 0) is 47.7 Å². The molecular weight excluding hydrogens is 391 g/mol. The SMILES string of the molecule is O=C(c1cccc(C(F)(F)F)c1)N1CCC[C@@H]1Cn1nnc(-c2cccs2)n1. The van der Waals surface area contributed by atoms with Gasteiger partial charge in [0.25, 0.3) is 5.91 Å². The molecule has 1 aromatic carbocycles. The van der Waals surface area contributed by atoms with Crippen LogP contribution in [0, 0.1) is 0 Å². The molecule has 1 atom stereocenters. The molecule has 3 aromatic rings. The summed E-state index contributed by atoms with van der Waals surface area (Å²) in [6.07, 6.45) is -2.97. The number of thiophene rings is 1. The maximum atomic E-state index is 12.9. The number of alkyl halides is 3. The van der Waals surface area contributed by atoms with Gasteiger partial charge in [-0.2, -0.15) is 18.0 Å². The van der Waals surface area contributed by atoms with Gasteiger partial charge in [0.1, 0.15) is 0 Å². The molecule has 1 aliphatic rings. The largest absolute Gasteiger partial charge is 0.416 e. The minimum atomic E-state index is -4.48. The van der Waals surface area contributed by atoms with Crippen LogP contribution in [0.1, 0.15) is 28.8 Å². The van der Waals surface area contributed by atoms with Crippen LogP contribution in [-0.2, 0) is 12.7 Å². The Hall–Kier alpha value is -2.75. The first-order valence-electron chi connectivity index (χ1n) is 8.72. The van der Waals surface area contributed by atoms with Crippen molar-refractivity contribution < 1.29 is 18.0 Å². The highest BCUT2D eigenvalue weighted by atomic mass is 32.1. The summed E-state index contributed by atoms with van der Waals surface area (Å²) in [6.45, 7) is 0.843. The molecule has 0 saturated carbocycles. The lowest BCUT2D eigenvalue weighted by Gasteiger charge is -2.24. The summed E-state index contributed by atoms with van der Waals surface area (Å²) < 4.78 is 38.8. The average Bonchev–Trinajstić information content (AvgIpc) is 3.42. The predicted octanol–water partition coefficient (Wildman–Crippen LogP) is 3.73. The van der Waals surface area contributed by atoms with Crippen LogP contribution in [0.3, 0.4) is 0 Å². The number of carbonyl (C=O) groups is 1. The number of halogens is 3. The van der Waals surface area contributed by atoms with E-state index in [4.69, 9.17) is 0 Å². The van der Waals surface area contributed by atoms with E-state index < -0.39 is 17.6 Å². The van der Waals surface area contributed by atoms with Gasteiger partial charge >= 0.3 is 6.18 Å². The third kappa shape index (κ3) is 3.77. The number of tetrazole rings is 1. The van der Waals surface area contributed by atoms with E-state index in [1.165, 1.54) is 28.3 Å². The number of likely N-dealkylation sites (tertiary alicyclic amines) is 1. The van der Waals surface area contributed by atoms with E-state index in [1.807, 2.05) is 17.5 Å². The Morgan fingerprint density at radius 2 is 2.11 bits per heavy atom. The second kappa shape index (κ2) is 7.34. The Kier molecular flexibility index (Phi) is 4.88. The molecule has 1 amide bonds. The molecule has 0 N–H and O–H groups in total. The number of hydrogen-bond donors (Lipinski definition) is 0. The van der Waals surface area contributed by atoms with Gasteiger partial charge in [0.05, 0.1) is 23.0 Å². The van der Waals surface area contributed by atoms with Crippen LogP contribution < -0.4 is 0 Å². The summed E-state index contributed by atoms with van der Waals surface area (Å²) in [4.78, 5) is 16.8. The summed E-state index contributed by atoms with van der Waals surface area (Å²) in [5.74, 6) is 0.107. The molecule has 1 fully saturated rings. The molecule has 0 bridgehead atoms. The minimum Gasteiger partial charge on any atom is -0.334 e. The zero-order valence-electron chi connectivity index (χ0n) is 14.6. The molecule has 0 radical (unpaired) electrons. The van der Waals surface area contributed by atoms with Crippen LogP contribution in [-0.4, -0.2) is 43.6 Å². The lowest BCUT2D eigenvalue weighted by molar-refractivity contribution is -0.137. The molecule has 10 heteroatoms. The van der Waals surface area contributed by atoms with Gasteiger partial charge < -0.3 is 4.90 Å². The molecule has 2 aromatic heterocycles. The Balaban J connectivity index is 1.50. The first-order chi connectivity index (χ1) is 13.4. The first kappa shape index (κ1) is 18.6. The van der Waals surface area contributed by atoms with Crippen molar-refractivity contribution in [2.45, 2.75) is 31.6 Å². The van der Waals surface area contributed by atoms with Gasteiger partial charge in [-0.25, -0.2) is 0 Å². The van der Waals surface area contributed by atoms with E-state index in [0.29, 0.717) is 18.9 Å². The lowest BCUT2D eigenvalue weighted by Crippen LogP contribution is -2.38. The lowest BCUT2D eigenvalue weighted by atomic mass is 10.1. The van der Waals surface area contributed by atoms with Crippen LogP contribution in [0.15, 0.2) is 41.8 Å². The van der Waals surface area contributed by atoms with Crippen molar-refractivity contribution in [3.8, 4) is 10.7 Å². The van der Waals surface area contributed by atoms with E-state index in [-0.39, 0.29) is 11.6 Å². The van der Waals surface area contributed by atoms with Crippen molar-refractivity contribution in [3.63, 3.8) is 0 Å². The molecule has 0 spiro atoms. The number of nitrogens with zero attached hydrogens (tertiary/aromatic N) is 5. The van der Waals surface area contributed by atoms with Crippen molar-refractivity contribution in [1.82, 2.24) is 25.1 Å². The standard InChI is InChI=1S/C18H16F3N5OS/c19-18(20,21)13-5-1-4-12(10-13)17(27)25-8-2-6-14(25)11-26-23-16(22-24-26)15-7-3-9-28-15/h1,3-5,7,9-10,14H,2,6,8,11H2/t14-/m1/s1. The maximum Gasteiger partial charge on any atom is 0.416 e. The fraction of sp³-hybridized carbons (Fsp3) is 0.333. The zero-order chi connectivity index (χ0) is 19.7. The number of benzene rings is 1. The van der Waals surface area contributed by atoms with Crippen LogP contribution in [0.4, 0.5) is 13.2 Å². The molecule has 0 aliphatic carbocycles. The van der Waals surface area contributed by atoms with Crippen molar-refractivity contribution >= 4 is 17.2 Å². The second-order valence-electron chi connectivity index (χ2n) is 6.52. The average molecular weight is 407 g/mol. The van der Waals surface area contributed by atoms with Crippen molar-refractivity contribution in [1.29, 1.82) is 0 Å². The van der Waals surface area contributed by atoms with E-state index >= 15 is 0 Å². The molecule has 3 heterocycles. The molecule has 1 aliphatic heterocycles. The van der Waals surface area contributed by atoms with Crippen LogP contribution in [0.5, 0.6) is 0 Å². The highest BCUT2D eigenvalue weighted by Gasteiger charge is 2.34. The molecule has 0 unspecified atom stereocenters. The summed E-state index contributed by atoms with van der Waals surface area (Å²) >= 11 is 1.50. The first-order valence-corrected chi connectivity index (χ1v) is 9.60. The predicted molar refractivity (Wildman–Crippen MR) is 96.6 cm³/mol. The molecular formula is C18H16F3N5OS. The Morgan fingerprint density at radius 3 is 2.86 bits per heavy atom. The summed E-state index contributed by atoms with van der Waals surface area (Å²) in [7, 11) is 0. The molecule has 1 saturated heterocycles. The van der Waals surface area contributed by atoms with Crippen molar-refractivity contribution in [2.75, 3.05) is 6.54 Å². The smallest absolute Gasteiger partial charge is 0.334 e. The summed E-state index contributed by atoms with van der Waals surface area (Å²) in [6, 6.07) is 8.14. The third-order valence-electron chi connectivity index (χ3n) is 4.64. The van der Waals surface area contributed by atoms with Crippen molar-refractivity contribution in [2.24, 2.45) is 0 Å². The van der Waals surface area contributed by atoms with Gasteiger partial charge in [0.2, 0.25) is 5.82 Å². The molecule has 28 heavy (non-hydrogen) atoms. The van der Waals surface area contributed by atoms with E-state index in [2.05, 4.69) is 15.4 Å². The normalized spacial score (nSPS) is 17.2. The zero-order valence-corrected chi connectivity index (χ0v) is 15.5. The monoisotopic (exact) mass is 407 g/mol. The van der Waals surface area contributed by atoms with E-state index in [9.17, 15) is 18.0 Å². The van der Waals surface area contributed by atoms with Crippen LogP contribution in [0.2, 0.25) is 0 Å². The highest BCUT2D eigenvalue weighted by Crippen LogP contribution is 2.30. The number of hydrogen-bond acceptors (Lipinski definition) is 5. The highest BCUT2D eigenvalue weighted by molar-refractivity contribution is 7.13. The number of rotatable bonds is 4. The molecule has 6 nitrogen and oxygen atoms in total. The third-order valence-corrected chi connectivity index (χ3v) is 5.51. The molecule has 146 valence electrons. The number of aromatic nitrogens is 4. The Morgan fingerprint density at radius 1 is 1.25 bits per heavy atom. The quantitative estimate of drug-likeness (QED) is 0.661. The van der Waals surface area contributed by atoms with Gasteiger partial charge in [-0.15, -0.1) is 21.5 Å². The summed E-state index contributed by atoms with van der Waals surface area (Å²) in [5.41, 5.74) is -0.792. The molecule has 4 rings (SSSR count). The fourth-order valence-electron chi connectivity index (χ4n) is 3.30. The number of amides is 1. The van der Waals surface area contributed by atoms with Gasteiger partial charge in [-0.1, -0.05) is 12.1 Å². The van der Waals surface area contributed by atoms with Crippen LogP contribution in [0.25, 0.3) is 10.7 Å². The van der Waals surface area contributed by atoms with E-state index in [0.717, 1.165) is 29.9 Å².